The van der Waals surface area contributed by atoms with Crippen molar-refractivity contribution < 1.29 is 9.53 Å². The smallest absolute Gasteiger partial charge is 0.267 e. The zero-order chi connectivity index (χ0) is 20.1. The van der Waals surface area contributed by atoms with Gasteiger partial charge in [-0.15, -0.1) is 0 Å². The Morgan fingerprint density at radius 2 is 1.86 bits per heavy atom. The molecule has 0 unspecified atom stereocenters. The molecular formula is C21H22N4O3. The van der Waals surface area contributed by atoms with Crippen molar-refractivity contribution in [1.82, 2.24) is 9.78 Å². The lowest BCUT2D eigenvalue weighted by Gasteiger charge is -2.13. The van der Waals surface area contributed by atoms with E-state index in [1.807, 2.05) is 67.5 Å². The number of ether oxygens (including phenoxy) is 1. The minimum absolute atomic E-state index is 0.175. The second kappa shape index (κ2) is 8.39. The highest BCUT2D eigenvalue weighted by atomic mass is 16.5. The van der Waals surface area contributed by atoms with Gasteiger partial charge in [-0.05, 0) is 42.5 Å². The number of hydrogen-bond donors (Lipinski definition) is 1. The summed E-state index contributed by atoms with van der Waals surface area (Å²) in [6.45, 7) is -0.175. The van der Waals surface area contributed by atoms with Crippen LogP contribution in [0.2, 0.25) is 0 Å². The number of nitrogens with zero attached hydrogens (tertiary/aromatic N) is 3. The summed E-state index contributed by atoms with van der Waals surface area (Å²) < 4.78 is 6.37. The average molecular weight is 378 g/mol. The first-order valence-corrected chi connectivity index (χ1v) is 8.76. The molecular weight excluding hydrogens is 356 g/mol. The van der Waals surface area contributed by atoms with Gasteiger partial charge in [0.05, 0.1) is 12.8 Å². The SMILES string of the molecule is COc1cccc(-c2ccc(=O)n(CC(=O)Nc3ccc(N(C)C)cc3)n2)c1. The first-order valence-electron chi connectivity index (χ1n) is 8.76. The topological polar surface area (TPSA) is 76.5 Å². The van der Waals surface area contributed by atoms with Crippen molar-refractivity contribution >= 4 is 17.3 Å². The molecule has 0 atom stereocenters. The third-order valence-corrected chi connectivity index (χ3v) is 4.19. The number of carbonyl (C=O) groups is 1. The number of aromatic nitrogens is 2. The first-order chi connectivity index (χ1) is 13.5. The molecule has 0 aliphatic carbocycles. The minimum atomic E-state index is -0.343. The molecule has 7 heteroatoms. The zero-order valence-corrected chi connectivity index (χ0v) is 16.0. The highest BCUT2D eigenvalue weighted by molar-refractivity contribution is 5.90. The molecule has 7 nitrogen and oxygen atoms in total. The van der Waals surface area contributed by atoms with Crippen molar-refractivity contribution in [3.63, 3.8) is 0 Å². The van der Waals surface area contributed by atoms with Crippen LogP contribution in [0.25, 0.3) is 11.3 Å². The molecule has 0 aliphatic heterocycles. The molecule has 0 fully saturated rings. The monoisotopic (exact) mass is 378 g/mol. The summed E-state index contributed by atoms with van der Waals surface area (Å²) in [5.74, 6) is 0.367. The first kappa shape index (κ1) is 19.2. The summed E-state index contributed by atoms with van der Waals surface area (Å²) in [4.78, 5) is 26.5. The lowest BCUT2D eigenvalue weighted by Crippen LogP contribution is -2.29. The van der Waals surface area contributed by atoms with Gasteiger partial charge in [0.15, 0.2) is 0 Å². The van der Waals surface area contributed by atoms with Crippen LogP contribution in [0.3, 0.4) is 0 Å². The summed E-state index contributed by atoms with van der Waals surface area (Å²) in [7, 11) is 5.48. The van der Waals surface area contributed by atoms with E-state index < -0.39 is 0 Å². The van der Waals surface area contributed by atoms with Crippen molar-refractivity contribution in [2.75, 3.05) is 31.4 Å². The minimum Gasteiger partial charge on any atom is -0.497 e. The van der Waals surface area contributed by atoms with Gasteiger partial charge in [0.25, 0.3) is 5.56 Å². The molecule has 3 rings (SSSR count). The Bertz CT molecular complexity index is 1030. The van der Waals surface area contributed by atoms with E-state index in [0.717, 1.165) is 15.9 Å². The Labute approximate surface area is 163 Å². The van der Waals surface area contributed by atoms with Crippen molar-refractivity contribution in [3.8, 4) is 17.0 Å². The van der Waals surface area contributed by atoms with Crippen LogP contribution in [0, 0.1) is 0 Å². The maximum absolute atomic E-state index is 12.4. The summed E-state index contributed by atoms with van der Waals surface area (Å²) >= 11 is 0. The Hall–Kier alpha value is -3.61. The molecule has 3 aromatic rings. The number of rotatable bonds is 6. The third-order valence-electron chi connectivity index (χ3n) is 4.19. The second-order valence-electron chi connectivity index (χ2n) is 6.44. The van der Waals surface area contributed by atoms with E-state index in [1.54, 1.807) is 13.2 Å². The van der Waals surface area contributed by atoms with E-state index in [4.69, 9.17) is 4.74 Å². The lowest BCUT2D eigenvalue weighted by molar-refractivity contribution is -0.117. The fourth-order valence-corrected chi connectivity index (χ4v) is 2.68. The number of methoxy groups -OCH3 is 1. The third kappa shape index (κ3) is 4.56. The fraction of sp³-hybridized carbons (Fsp3) is 0.190. The molecule has 28 heavy (non-hydrogen) atoms. The van der Waals surface area contributed by atoms with Crippen molar-refractivity contribution in [3.05, 3.63) is 71.0 Å². The summed E-state index contributed by atoms with van der Waals surface area (Å²) in [5.41, 5.74) is 2.73. The van der Waals surface area contributed by atoms with Crippen LogP contribution in [-0.2, 0) is 11.3 Å². The predicted octanol–water partition coefficient (Wildman–Crippen LogP) is 2.62. The maximum Gasteiger partial charge on any atom is 0.267 e. The van der Waals surface area contributed by atoms with Crippen molar-refractivity contribution in [1.29, 1.82) is 0 Å². The molecule has 0 aliphatic rings. The van der Waals surface area contributed by atoms with Crippen molar-refractivity contribution in [2.45, 2.75) is 6.54 Å². The van der Waals surface area contributed by atoms with Crippen LogP contribution in [-0.4, -0.2) is 36.9 Å². The number of amides is 1. The quantitative estimate of drug-likeness (QED) is 0.714. The highest BCUT2D eigenvalue weighted by Crippen LogP contribution is 2.21. The fourth-order valence-electron chi connectivity index (χ4n) is 2.68. The van der Waals surface area contributed by atoms with Gasteiger partial charge in [-0.2, -0.15) is 5.10 Å². The van der Waals surface area contributed by atoms with Gasteiger partial charge in [0.2, 0.25) is 5.91 Å². The Balaban J connectivity index is 1.76. The van der Waals surface area contributed by atoms with Crippen LogP contribution >= 0.6 is 0 Å². The van der Waals surface area contributed by atoms with E-state index >= 15 is 0 Å². The largest absolute Gasteiger partial charge is 0.497 e. The molecule has 0 saturated carbocycles. The molecule has 144 valence electrons. The number of benzene rings is 2. The van der Waals surface area contributed by atoms with Gasteiger partial charge >= 0.3 is 0 Å². The van der Waals surface area contributed by atoms with Crippen LogP contribution in [0.4, 0.5) is 11.4 Å². The molecule has 0 radical (unpaired) electrons. The van der Waals surface area contributed by atoms with Crippen molar-refractivity contribution in [2.24, 2.45) is 0 Å². The highest BCUT2D eigenvalue weighted by Gasteiger charge is 2.09. The lowest BCUT2D eigenvalue weighted by atomic mass is 10.1. The standard InChI is InChI=1S/C21H22N4O3/c1-24(2)17-9-7-16(8-10-17)22-20(26)14-25-21(27)12-11-19(23-25)15-5-4-6-18(13-15)28-3/h4-13H,14H2,1-3H3,(H,22,26). The Kier molecular flexibility index (Phi) is 5.74. The zero-order valence-electron chi connectivity index (χ0n) is 16.0. The van der Waals surface area contributed by atoms with E-state index in [0.29, 0.717) is 17.1 Å². The summed E-state index contributed by atoms with van der Waals surface area (Å²) in [5, 5.41) is 7.10. The number of anilines is 2. The number of hydrogen-bond acceptors (Lipinski definition) is 5. The normalized spacial score (nSPS) is 10.4. The Morgan fingerprint density at radius 3 is 2.54 bits per heavy atom. The van der Waals surface area contributed by atoms with Gasteiger partial charge in [0, 0.05) is 37.1 Å². The number of nitrogens with one attached hydrogen (secondary N) is 1. The molecule has 0 saturated heterocycles. The van der Waals surface area contributed by atoms with Crippen LogP contribution in [0.1, 0.15) is 0 Å². The Morgan fingerprint density at radius 1 is 1.11 bits per heavy atom. The van der Waals surface area contributed by atoms with Gasteiger partial charge in [-0.25, -0.2) is 4.68 Å². The molecule has 1 amide bonds. The molecule has 1 heterocycles. The number of carbonyl (C=O) groups excluding carboxylic acids is 1. The van der Waals surface area contributed by atoms with E-state index in [2.05, 4.69) is 10.4 Å². The summed E-state index contributed by atoms with van der Waals surface area (Å²) in [6.07, 6.45) is 0. The van der Waals surface area contributed by atoms with Crippen LogP contribution in [0.15, 0.2) is 65.5 Å². The molecule has 1 aromatic heterocycles. The van der Waals surface area contributed by atoms with Gasteiger partial charge in [0.1, 0.15) is 12.3 Å². The van der Waals surface area contributed by atoms with E-state index in [9.17, 15) is 9.59 Å². The maximum atomic E-state index is 12.4. The van der Waals surface area contributed by atoms with Gasteiger partial charge < -0.3 is 15.0 Å². The molecule has 2 aromatic carbocycles. The second-order valence-corrected chi connectivity index (χ2v) is 6.44. The van der Waals surface area contributed by atoms with Crippen LogP contribution < -0.4 is 20.5 Å². The molecule has 1 N–H and O–H groups in total. The van der Waals surface area contributed by atoms with E-state index in [-0.39, 0.29) is 18.0 Å². The molecule has 0 bridgehead atoms. The van der Waals surface area contributed by atoms with E-state index in [1.165, 1.54) is 6.07 Å². The van der Waals surface area contributed by atoms with Crippen LogP contribution in [0.5, 0.6) is 5.75 Å². The predicted molar refractivity (Wildman–Crippen MR) is 110 cm³/mol. The summed E-state index contributed by atoms with van der Waals surface area (Å²) in [6, 6.07) is 17.8. The van der Waals surface area contributed by atoms with Gasteiger partial charge in [-0.3, -0.25) is 9.59 Å². The molecule has 0 spiro atoms. The average Bonchev–Trinajstić information content (AvgIpc) is 2.70. The van der Waals surface area contributed by atoms with Gasteiger partial charge in [-0.1, -0.05) is 12.1 Å².